The summed E-state index contributed by atoms with van der Waals surface area (Å²) in [6.45, 7) is 8.25. The van der Waals surface area contributed by atoms with E-state index in [1.54, 1.807) is 10.9 Å². The fraction of sp³-hybridized carbons (Fsp3) is 0.481. The Kier molecular flexibility index (Phi) is 7.73. The molecule has 0 radical (unpaired) electrons. The number of aromatic nitrogens is 7. The molecule has 39 heavy (non-hydrogen) atoms. The Morgan fingerprint density at radius 1 is 0.897 bits per heavy atom. The first kappa shape index (κ1) is 25.4. The molecule has 0 unspecified atom stereocenters. The number of nitrogens with one attached hydrogen (secondary N) is 1. The van der Waals surface area contributed by atoms with Crippen LogP contribution in [0, 0.1) is 0 Å². The monoisotopic (exact) mass is 530 g/mol. The molecule has 12 nitrogen and oxygen atoms in total. The highest BCUT2D eigenvalue weighted by molar-refractivity contribution is 5.75. The zero-order valence-corrected chi connectivity index (χ0v) is 22.1. The lowest BCUT2D eigenvalue weighted by Crippen LogP contribution is -2.47. The molecular weight excluding hydrogens is 496 g/mol. The van der Waals surface area contributed by atoms with Gasteiger partial charge in [-0.15, -0.1) is 5.10 Å². The maximum atomic E-state index is 12.2. The van der Waals surface area contributed by atoms with E-state index in [2.05, 4.69) is 41.7 Å². The molecule has 0 aliphatic carbocycles. The van der Waals surface area contributed by atoms with Crippen LogP contribution < -0.4 is 10.1 Å². The molecule has 3 aromatic heterocycles. The number of piperazine rings is 1. The largest absolute Gasteiger partial charge is 0.494 e. The van der Waals surface area contributed by atoms with Gasteiger partial charge in [-0.2, -0.15) is 9.78 Å². The number of nitrogens with zero attached hydrogens (tertiary/aromatic N) is 9. The molecule has 5 aliphatic rings. The van der Waals surface area contributed by atoms with Gasteiger partial charge in [-0.3, -0.25) is 14.4 Å². The van der Waals surface area contributed by atoms with Gasteiger partial charge in [0.05, 0.1) is 31.2 Å². The summed E-state index contributed by atoms with van der Waals surface area (Å²) in [6.07, 6.45) is 8.38. The highest BCUT2D eigenvalue weighted by Gasteiger charge is 2.17. The van der Waals surface area contributed by atoms with Crippen molar-refractivity contribution in [2.45, 2.75) is 32.2 Å². The summed E-state index contributed by atoms with van der Waals surface area (Å²) >= 11 is 0. The van der Waals surface area contributed by atoms with Gasteiger partial charge in [-0.1, -0.05) is 5.21 Å². The highest BCUT2D eigenvalue weighted by Crippen LogP contribution is 2.19. The Hall–Kier alpha value is -3.90. The normalized spacial score (nSPS) is 21.5. The zero-order valence-electron chi connectivity index (χ0n) is 22.1. The van der Waals surface area contributed by atoms with Gasteiger partial charge in [0.1, 0.15) is 11.6 Å². The van der Waals surface area contributed by atoms with Crippen molar-refractivity contribution in [3.05, 3.63) is 54.2 Å². The third-order valence-electron chi connectivity index (χ3n) is 7.27. The second kappa shape index (κ2) is 11.9. The van der Waals surface area contributed by atoms with Crippen LogP contribution in [0.4, 0.5) is 0 Å². The highest BCUT2D eigenvalue weighted by atomic mass is 16.5. The van der Waals surface area contributed by atoms with Crippen LogP contribution in [-0.2, 0) is 17.8 Å². The average molecular weight is 531 g/mol. The molecule has 1 amide bonds. The van der Waals surface area contributed by atoms with E-state index < -0.39 is 0 Å². The Labute approximate surface area is 227 Å². The number of hydrogen-bond donors (Lipinski definition) is 1. The predicted octanol–water partition coefficient (Wildman–Crippen LogP) is 1.29. The van der Waals surface area contributed by atoms with Gasteiger partial charge in [0, 0.05) is 58.3 Å². The van der Waals surface area contributed by atoms with Gasteiger partial charge in [0.2, 0.25) is 5.91 Å². The summed E-state index contributed by atoms with van der Waals surface area (Å²) in [5.74, 6) is 1.52. The summed E-state index contributed by atoms with van der Waals surface area (Å²) in [5, 5.41) is 16.1. The molecule has 8 heterocycles. The first-order valence-corrected chi connectivity index (χ1v) is 13.7. The molecule has 12 heteroatoms. The SMILES string of the molecule is O=C1CCCOc2ccc(cc2)-n2nnc3cnc(nc32)Cc2cnn(c2)CCN2CCN(CCCN1)CC2. The fourth-order valence-corrected chi connectivity index (χ4v) is 5.03. The lowest BCUT2D eigenvalue weighted by atomic mass is 10.2. The quantitative estimate of drug-likeness (QED) is 0.359. The average Bonchev–Trinajstić information content (AvgIpc) is 3.59. The van der Waals surface area contributed by atoms with Crippen LogP contribution in [0.25, 0.3) is 16.9 Å². The molecule has 204 valence electrons. The first-order valence-electron chi connectivity index (χ1n) is 13.7. The number of carbonyl (C=O) groups excluding carboxylic acids is 1. The van der Waals surface area contributed by atoms with E-state index in [1.165, 1.54) is 0 Å². The van der Waals surface area contributed by atoms with Gasteiger partial charge in [0.25, 0.3) is 0 Å². The second-order valence-electron chi connectivity index (χ2n) is 10.1. The van der Waals surface area contributed by atoms with E-state index in [0.29, 0.717) is 49.4 Å². The predicted molar refractivity (Wildman–Crippen MR) is 145 cm³/mol. The summed E-state index contributed by atoms with van der Waals surface area (Å²) in [4.78, 5) is 26.5. The van der Waals surface area contributed by atoms with Gasteiger partial charge < -0.3 is 15.0 Å². The van der Waals surface area contributed by atoms with E-state index in [9.17, 15) is 4.79 Å². The molecule has 1 N–H and O–H groups in total. The van der Waals surface area contributed by atoms with Crippen LogP contribution >= 0.6 is 0 Å². The number of carbonyl (C=O) groups is 1. The van der Waals surface area contributed by atoms with Crippen molar-refractivity contribution in [1.29, 1.82) is 0 Å². The van der Waals surface area contributed by atoms with Crippen molar-refractivity contribution in [2.24, 2.45) is 0 Å². The van der Waals surface area contributed by atoms with Crippen LogP contribution in [0.2, 0.25) is 0 Å². The van der Waals surface area contributed by atoms with E-state index in [-0.39, 0.29) is 5.91 Å². The third kappa shape index (κ3) is 6.40. The van der Waals surface area contributed by atoms with Gasteiger partial charge in [-0.05, 0) is 49.2 Å². The van der Waals surface area contributed by atoms with Crippen molar-refractivity contribution < 1.29 is 9.53 Å². The van der Waals surface area contributed by atoms with Crippen LogP contribution in [-0.4, -0.2) is 103 Å². The van der Waals surface area contributed by atoms with Crippen LogP contribution in [0.15, 0.2) is 42.9 Å². The van der Waals surface area contributed by atoms with E-state index in [0.717, 1.165) is 69.2 Å². The Balaban J connectivity index is 1.18. The summed E-state index contributed by atoms with van der Waals surface area (Å²) in [6, 6.07) is 7.64. The number of benzene rings is 1. The van der Waals surface area contributed by atoms with Crippen molar-refractivity contribution in [3.63, 3.8) is 0 Å². The maximum Gasteiger partial charge on any atom is 0.220 e. The molecule has 4 aromatic rings. The van der Waals surface area contributed by atoms with E-state index in [4.69, 9.17) is 9.72 Å². The Morgan fingerprint density at radius 2 is 1.69 bits per heavy atom. The minimum absolute atomic E-state index is 0.0809. The van der Waals surface area contributed by atoms with Crippen molar-refractivity contribution in [2.75, 3.05) is 52.4 Å². The van der Waals surface area contributed by atoms with E-state index in [1.807, 2.05) is 35.1 Å². The second-order valence-corrected chi connectivity index (χ2v) is 10.1. The van der Waals surface area contributed by atoms with Crippen LogP contribution in [0.3, 0.4) is 0 Å². The number of ether oxygens (including phenoxy) is 1. The summed E-state index contributed by atoms with van der Waals surface area (Å²) < 4.78 is 9.57. The summed E-state index contributed by atoms with van der Waals surface area (Å²) in [5.41, 5.74) is 3.20. The van der Waals surface area contributed by atoms with Crippen LogP contribution in [0.5, 0.6) is 5.75 Å². The van der Waals surface area contributed by atoms with Crippen molar-refractivity contribution >= 4 is 17.1 Å². The molecular formula is C27H34N10O2. The van der Waals surface area contributed by atoms with Gasteiger partial charge in [0.15, 0.2) is 11.2 Å². The molecule has 5 aliphatic heterocycles. The minimum atomic E-state index is 0.0809. The van der Waals surface area contributed by atoms with Crippen molar-refractivity contribution in [3.8, 4) is 11.4 Å². The minimum Gasteiger partial charge on any atom is -0.494 e. The Bertz CT molecular complexity index is 1390. The van der Waals surface area contributed by atoms with E-state index >= 15 is 0 Å². The molecule has 1 fully saturated rings. The maximum absolute atomic E-state index is 12.2. The number of rotatable bonds is 0. The number of amides is 1. The van der Waals surface area contributed by atoms with Crippen molar-refractivity contribution in [1.82, 2.24) is 49.9 Å². The smallest absolute Gasteiger partial charge is 0.220 e. The number of hydrogen-bond acceptors (Lipinski definition) is 9. The lowest BCUT2D eigenvalue weighted by molar-refractivity contribution is -0.121. The first-order chi connectivity index (χ1) is 19.2. The topological polar surface area (TPSA) is 119 Å². The molecule has 0 saturated carbocycles. The lowest BCUT2D eigenvalue weighted by Gasteiger charge is -2.34. The standard InChI is InChI=1S/C27H34N10O2/c38-26-3-1-16-39-23-6-4-22(5-7-23)37-27-24(32-33-37)19-29-25(31-27)17-21-18-30-36(20-21)15-14-35-12-10-34(11-13-35)9-2-8-28-26/h4-7,18-20H,1-3,8-17H2,(H,28,38). The molecule has 0 atom stereocenters. The summed E-state index contributed by atoms with van der Waals surface area (Å²) in [7, 11) is 0. The molecule has 0 spiro atoms. The third-order valence-corrected chi connectivity index (χ3v) is 7.27. The van der Waals surface area contributed by atoms with Gasteiger partial charge >= 0.3 is 0 Å². The molecule has 1 saturated heterocycles. The Morgan fingerprint density at radius 3 is 2.54 bits per heavy atom. The molecule has 8 bridgehead atoms. The van der Waals surface area contributed by atoms with Gasteiger partial charge in [-0.25, -0.2) is 9.97 Å². The zero-order chi connectivity index (χ0) is 26.4. The molecule has 9 rings (SSSR count). The molecule has 1 aromatic carbocycles. The van der Waals surface area contributed by atoms with Crippen LogP contribution in [0.1, 0.15) is 30.7 Å². The fourth-order valence-electron chi connectivity index (χ4n) is 5.03.